The van der Waals surface area contributed by atoms with Gasteiger partial charge in [-0.05, 0) is 45.0 Å². The smallest absolute Gasteiger partial charge is 0.459 e. The largest absolute Gasteiger partial charge is 0.465 e. The number of esters is 1. The molecular weight excluding hydrogens is 476 g/mol. The normalized spacial score (nSPS) is 20.5. The van der Waals surface area contributed by atoms with Gasteiger partial charge in [0.25, 0.3) is 5.56 Å². The minimum Gasteiger partial charge on any atom is -0.465 e. The number of halogens is 1. The zero-order chi connectivity index (χ0) is 24.9. The van der Waals surface area contributed by atoms with E-state index in [4.69, 9.17) is 23.3 Å². The number of nitrogens with one attached hydrogen (secondary N) is 2. The second-order valence-electron chi connectivity index (χ2n) is 7.27. The number of aryl methyl sites for hydroxylation is 1. The van der Waals surface area contributed by atoms with Crippen LogP contribution in [-0.2, 0) is 28.1 Å². The number of benzene rings is 1. The Morgan fingerprint density at radius 2 is 2.06 bits per heavy atom. The van der Waals surface area contributed by atoms with Gasteiger partial charge in [-0.15, -0.1) is 0 Å². The van der Waals surface area contributed by atoms with Crippen LogP contribution in [0.15, 0.2) is 40.1 Å². The summed E-state index contributed by atoms with van der Waals surface area (Å²) in [5.74, 6) is -1.19. The van der Waals surface area contributed by atoms with Gasteiger partial charge in [0.2, 0.25) is 0 Å². The fourth-order valence-electron chi connectivity index (χ4n) is 2.92. The summed E-state index contributed by atoms with van der Waals surface area (Å²) < 4.78 is 54.6. The minimum absolute atomic E-state index is 0.0229. The summed E-state index contributed by atoms with van der Waals surface area (Å²) in [5, 5.41) is 2.47. The molecule has 1 aromatic heterocycles. The number of aromatic nitrogens is 2. The van der Waals surface area contributed by atoms with Crippen LogP contribution in [0.5, 0.6) is 5.75 Å². The Kier molecular flexibility index (Phi) is 8.39. The van der Waals surface area contributed by atoms with Crippen LogP contribution in [-0.4, -0.2) is 47.7 Å². The average Bonchev–Trinajstić information content (AvgIpc) is 3.25. The van der Waals surface area contributed by atoms with Gasteiger partial charge in [-0.3, -0.25) is 23.7 Å². The van der Waals surface area contributed by atoms with E-state index in [0.29, 0.717) is 5.56 Å². The molecule has 1 aliphatic heterocycles. The van der Waals surface area contributed by atoms with Crippen molar-refractivity contribution in [2.75, 3.05) is 19.8 Å². The third-order valence-electron chi connectivity index (χ3n) is 4.60. The maximum atomic E-state index is 13.4. The molecule has 0 saturated carbocycles. The van der Waals surface area contributed by atoms with Gasteiger partial charge in [-0.1, -0.05) is 0 Å². The SMILES string of the molecule is CCOC(=O)[C@H](C)NP(=O)(OC[C@@H]1OC[C@H](n2cc(C)c(=O)[nH]c2=O)O1)Oc1ccc(F)cc1. The second-order valence-corrected chi connectivity index (χ2v) is 8.97. The number of H-pyrrole nitrogens is 1. The highest BCUT2D eigenvalue weighted by molar-refractivity contribution is 7.52. The van der Waals surface area contributed by atoms with Crippen LogP contribution in [0.25, 0.3) is 0 Å². The summed E-state index contributed by atoms with van der Waals surface area (Å²) in [6.45, 7) is 4.22. The lowest BCUT2D eigenvalue weighted by atomic mass is 10.3. The Morgan fingerprint density at radius 3 is 2.74 bits per heavy atom. The molecule has 2 aromatic rings. The monoisotopic (exact) mass is 501 g/mol. The number of carbonyl (C=O) groups is 1. The first kappa shape index (κ1) is 25.8. The molecular formula is C20H25FN3O9P. The van der Waals surface area contributed by atoms with Crippen molar-refractivity contribution >= 4 is 13.7 Å². The molecule has 2 heterocycles. The van der Waals surface area contributed by atoms with Crippen molar-refractivity contribution in [2.24, 2.45) is 0 Å². The Bertz CT molecular complexity index is 1170. The molecule has 2 N–H and O–H groups in total. The first-order valence-electron chi connectivity index (χ1n) is 10.3. The molecule has 4 atom stereocenters. The number of carbonyl (C=O) groups excluding carboxylic acids is 1. The van der Waals surface area contributed by atoms with E-state index in [1.54, 1.807) is 6.92 Å². The van der Waals surface area contributed by atoms with E-state index in [0.717, 1.165) is 16.7 Å². The lowest BCUT2D eigenvalue weighted by Gasteiger charge is -2.23. The van der Waals surface area contributed by atoms with Crippen molar-refractivity contribution in [3.63, 3.8) is 0 Å². The Hall–Kier alpha value is -2.83. The lowest BCUT2D eigenvalue weighted by Crippen LogP contribution is -2.36. The van der Waals surface area contributed by atoms with Crippen LogP contribution in [0.3, 0.4) is 0 Å². The van der Waals surface area contributed by atoms with E-state index in [2.05, 4.69) is 10.1 Å². The number of nitrogens with zero attached hydrogens (tertiary/aromatic N) is 1. The Balaban J connectivity index is 1.70. The van der Waals surface area contributed by atoms with Gasteiger partial charge in [0.15, 0.2) is 12.5 Å². The van der Waals surface area contributed by atoms with E-state index in [-0.39, 0.29) is 19.0 Å². The molecule has 12 nitrogen and oxygen atoms in total. The molecule has 0 bridgehead atoms. The predicted octanol–water partition coefficient (Wildman–Crippen LogP) is 1.60. The van der Waals surface area contributed by atoms with E-state index in [1.807, 2.05) is 0 Å². The summed E-state index contributed by atoms with van der Waals surface area (Å²) in [6.07, 6.45) is -0.571. The van der Waals surface area contributed by atoms with E-state index in [1.165, 1.54) is 32.2 Å². The fourth-order valence-corrected chi connectivity index (χ4v) is 4.39. The predicted molar refractivity (Wildman–Crippen MR) is 116 cm³/mol. The van der Waals surface area contributed by atoms with Crippen molar-refractivity contribution in [1.29, 1.82) is 0 Å². The zero-order valence-corrected chi connectivity index (χ0v) is 19.6. The molecule has 0 aliphatic carbocycles. The molecule has 0 spiro atoms. The average molecular weight is 501 g/mol. The van der Waals surface area contributed by atoms with Gasteiger partial charge in [-0.2, -0.15) is 5.09 Å². The quantitative estimate of drug-likeness (QED) is 0.363. The Morgan fingerprint density at radius 1 is 1.35 bits per heavy atom. The molecule has 1 fully saturated rings. The number of aromatic amines is 1. The summed E-state index contributed by atoms with van der Waals surface area (Å²) in [4.78, 5) is 37.8. The topological polar surface area (TPSA) is 147 Å². The van der Waals surface area contributed by atoms with Crippen LogP contribution in [0.2, 0.25) is 0 Å². The van der Waals surface area contributed by atoms with Gasteiger partial charge in [0, 0.05) is 11.8 Å². The lowest BCUT2D eigenvalue weighted by molar-refractivity contribution is -0.144. The standard InChI is InChI=1S/C20H25FN3O9P/c1-4-29-19(26)13(3)23-34(28,33-15-7-5-14(21)6-8-15)31-11-17-30-10-16(32-17)24-9-12(2)18(25)22-20(24)27/h5-9,13,16-17H,4,10-11H2,1-3H3,(H,23,28)(H,22,25,27)/t13-,16+,17+,34?/m0/s1. The van der Waals surface area contributed by atoms with Gasteiger partial charge in [0.1, 0.15) is 24.2 Å². The van der Waals surface area contributed by atoms with E-state index in [9.17, 15) is 23.3 Å². The molecule has 0 radical (unpaired) electrons. The summed E-state index contributed by atoms with van der Waals surface area (Å²) in [7, 11) is -4.21. The number of ether oxygens (including phenoxy) is 3. The van der Waals surface area contributed by atoms with Gasteiger partial charge >= 0.3 is 19.4 Å². The van der Waals surface area contributed by atoms with Crippen LogP contribution in [0.4, 0.5) is 4.39 Å². The highest BCUT2D eigenvalue weighted by atomic mass is 31.2. The minimum atomic E-state index is -4.21. The first-order valence-corrected chi connectivity index (χ1v) is 11.9. The van der Waals surface area contributed by atoms with Crippen LogP contribution in [0.1, 0.15) is 25.6 Å². The maximum absolute atomic E-state index is 13.4. The van der Waals surface area contributed by atoms with E-state index < -0.39 is 55.9 Å². The maximum Gasteiger partial charge on any atom is 0.459 e. The highest BCUT2D eigenvalue weighted by Gasteiger charge is 2.36. The van der Waals surface area contributed by atoms with Crippen molar-refractivity contribution in [1.82, 2.24) is 14.6 Å². The number of rotatable bonds is 10. The Labute approximate surface area is 193 Å². The number of hydrogen-bond acceptors (Lipinski definition) is 9. The summed E-state index contributed by atoms with van der Waals surface area (Å²) in [6, 6.07) is 3.63. The summed E-state index contributed by atoms with van der Waals surface area (Å²) >= 11 is 0. The van der Waals surface area contributed by atoms with Crippen molar-refractivity contribution < 1.29 is 37.0 Å². The second kappa shape index (κ2) is 11.1. The molecule has 186 valence electrons. The third-order valence-corrected chi connectivity index (χ3v) is 6.25. The zero-order valence-electron chi connectivity index (χ0n) is 18.7. The fraction of sp³-hybridized carbons (Fsp3) is 0.450. The summed E-state index contributed by atoms with van der Waals surface area (Å²) in [5.41, 5.74) is -0.890. The van der Waals surface area contributed by atoms with Gasteiger partial charge in [-0.25, -0.2) is 13.8 Å². The highest BCUT2D eigenvalue weighted by Crippen LogP contribution is 2.45. The van der Waals surface area contributed by atoms with Gasteiger partial charge in [0.05, 0.1) is 13.2 Å². The van der Waals surface area contributed by atoms with Crippen LogP contribution in [0, 0.1) is 12.7 Å². The third kappa shape index (κ3) is 6.61. The van der Waals surface area contributed by atoms with Gasteiger partial charge < -0.3 is 18.7 Å². The molecule has 0 amide bonds. The van der Waals surface area contributed by atoms with Crippen molar-refractivity contribution in [3.05, 3.63) is 62.7 Å². The van der Waals surface area contributed by atoms with Crippen molar-refractivity contribution in [3.8, 4) is 5.75 Å². The van der Waals surface area contributed by atoms with E-state index >= 15 is 0 Å². The molecule has 1 unspecified atom stereocenters. The molecule has 14 heteroatoms. The molecule has 1 saturated heterocycles. The molecule has 3 rings (SSSR count). The number of hydrogen-bond donors (Lipinski definition) is 2. The van der Waals surface area contributed by atoms with Crippen LogP contribution >= 0.6 is 7.75 Å². The molecule has 34 heavy (non-hydrogen) atoms. The van der Waals surface area contributed by atoms with Crippen LogP contribution < -0.4 is 20.9 Å². The van der Waals surface area contributed by atoms with Crippen molar-refractivity contribution in [2.45, 2.75) is 39.3 Å². The molecule has 1 aliphatic rings. The molecule has 1 aromatic carbocycles. The first-order chi connectivity index (χ1) is 16.1.